The van der Waals surface area contributed by atoms with Crippen molar-refractivity contribution in [1.29, 1.82) is 0 Å². The van der Waals surface area contributed by atoms with Crippen LogP contribution >= 0.6 is 0 Å². The first-order valence-electron chi connectivity index (χ1n) is 8.45. The Balaban J connectivity index is 1.93. The first kappa shape index (κ1) is 19.2. The van der Waals surface area contributed by atoms with Crippen molar-refractivity contribution in [3.8, 4) is 5.69 Å². The molecule has 2 aromatic heterocycles. The zero-order valence-corrected chi connectivity index (χ0v) is 15.5. The molecule has 3 rings (SSSR count). The molecule has 0 unspecified atom stereocenters. The summed E-state index contributed by atoms with van der Waals surface area (Å²) < 4.78 is 29.7. The standard InChI is InChI=1S/C20H18F2N4O2/c1-11-7-15(12(2)26(11)14-5-4-6-23-10-14)20(28)25-19-9-18(24-13(3)27)16(21)8-17(19)22/h4-10H,1-3H3,(H,24,27)(H,25,28). The minimum atomic E-state index is -0.944. The normalized spacial score (nSPS) is 10.6. The SMILES string of the molecule is CC(=O)Nc1cc(NC(=O)c2cc(C)n(-c3cccnc3)c2C)c(F)cc1F. The van der Waals surface area contributed by atoms with E-state index in [0.717, 1.165) is 17.4 Å². The highest BCUT2D eigenvalue weighted by Crippen LogP contribution is 2.26. The van der Waals surface area contributed by atoms with Crippen molar-refractivity contribution in [3.63, 3.8) is 0 Å². The zero-order chi connectivity index (χ0) is 20.4. The molecule has 3 aromatic rings. The van der Waals surface area contributed by atoms with Crippen LogP contribution in [0.2, 0.25) is 0 Å². The van der Waals surface area contributed by atoms with Crippen molar-refractivity contribution >= 4 is 23.2 Å². The lowest BCUT2D eigenvalue weighted by Gasteiger charge is -2.11. The number of rotatable bonds is 4. The van der Waals surface area contributed by atoms with Crippen molar-refractivity contribution in [3.05, 3.63) is 71.3 Å². The smallest absolute Gasteiger partial charge is 0.257 e. The Morgan fingerprint density at radius 2 is 1.71 bits per heavy atom. The quantitative estimate of drug-likeness (QED) is 0.714. The fourth-order valence-corrected chi connectivity index (χ4v) is 3.00. The minimum absolute atomic E-state index is 0.218. The molecule has 0 saturated carbocycles. The topological polar surface area (TPSA) is 76.0 Å². The van der Waals surface area contributed by atoms with Crippen LogP contribution in [0.1, 0.15) is 28.7 Å². The largest absolute Gasteiger partial charge is 0.324 e. The molecule has 0 spiro atoms. The van der Waals surface area contributed by atoms with Gasteiger partial charge >= 0.3 is 0 Å². The summed E-state index contributed by atoms with van der Waals surface area (Å²) in [4.78, 5) is 28.0. The third kappa shape index (κ3) is 3.75. The van der Waals surface area contributed by atoms with Gasteiger partial charge in [-0.15, -0.1) is 0 Å². The van der Waals surface area contributed by atoms with Gasteiger partial charge in [-0.25, -0.2) is 8.78 Å². The second-order valence-electron chi connectivity index (χ2n) is 6.28. The number of aryl methyl sites for hydroxylation is 1. The molecule has 6 nitrogen and oxygen atoms in total. The number of hydrogen-bond acceptors (Lipinski definition) is 3. The van der Waals surface area contributed by atoms with E-state index in [1.54, 1.807) is 31.5 Å². The van der Waals surface area contributed by atoms with Crippen LogP contribution in [0.25, 0.3) is 5.69 Å². The molecular weight excluding hydrogens is 366 g/mol. The number of hydrogen-bond donors (Lipinski definition) is 2. The van der Waals surface area contributed by atoms with Gasteiger partial charge in [-0.05, 0) is 38.1 Å². The number of halogens is 2. The van der Waals surface area contributed by atoms with Crippen molar-refractivity contribution < 1.29 is 18.4 Å². The van der Waals surface area contributed by atoms with Crippen molar-refractivity contribution in [1.82, 2.24) is 9.55 Å². The highest BCUT2D eigenvalue weighted by molar-refractivity contribution is 6.06. The van der Waals surface area contributed by atoms with E-state index in [1.165, 1.54) is 6.92 Å². The van der Waals surface area contributed by atoms with E-state index in [2.05, 4.69) is 15.6 Å². The average Bonchev–Trinajstić information content (AvgIpc) is 2.94. The number of anilines is 2. The maximum Gasteiger partial charge on any atom is 0.257 e. The molecule has 144 valence electrons. The van der Waals surface area contributed by atoms with Crippen LogP contribution < -0.4 is 10.6 Å². The Bertz CT molecular complexity index is 1060. The van der Waals surface area contributed by atoms with E-state index in [-0.39, 0.29) is 11.4 Å². The average molecular weight is 384 g/mol. The van der Waals surface area contributed by atoms with Crippen LogP contribution in [-0.2, 0) is 4.79 Å². The molecule has 0 saturated heterocycles. The Morgan fingerprint density at radius 1 is 1.04 bits per heavy atom. The number of nitrogens with one attached hydrogen (secondary N) is 2. The van der Waals surface area contributed by atoms with E-state index in [0.29, 0.717) is 17.3 Å². The van der Waals surface area contributed by atoms with E-state index in [4.69, 9.17) is 0 Å². The monoisotopic (exact) mass is 384 g/mol. The summed E-state index contributed by atoms with van der Waals surface area (Å²) in [5.41, 5.74) is 2.12. The summed E-state index contributed by atoms with van der Waals surface area (Å²) in [6.45, 7) is 4.80. The molecule has 0 atom stereocenters. The molecule has 0 aliphatic carbocycles. The summed E-state index contributed by atoms with van der Waals surface area (Å²) in [6, 6.07) is 6.97. The molecule has 28 heavy (non-hydrogen) atoms. The summed E-state index contributed by atoms with van der Waals surface area (Å²) in [7, 11) is 0. The third-order valence-electron chi connectivity index (χ3n) is 4.20. The second kappa shape index (κ2) is 7.59. The van der Waals surface area contributed by atoms with Gasteiger partial charge in [-0.1, -0.05) is 0 Å². The number of amides is 2. The third-order valence-corrected chi connectivity index (χ3v) is 4.20. The molecule has 0 radical (unpaired) electrons. The molecule has 0 aliphatic rings. The molecular formula is C20H18F2N4O2. The minimum Gasteiger partial charge on any atom is -0.324 e. The van der Waals surface area contributed by atoms with Gasteiger partial charge in [0.25, 0.3) is 5.91 Å². The maximum atomic E-state index is 14.1. The molecule has 1 aromatic carbocycles. The van der Waals surface area contributed by atoms with Gasteiger partial charge in [0.2, 0.25) is 5.91 Å². The van der Waals surface area contributed by atoms with E-state index >= 15 is 0 Å². The Labute approximate surface area is 160 Å². The second-order valence-corrected chi connectivity index (χ2v) is 6.28. The van der Waals surface area contributed by atoms with Crippen LogP contribution in [0.15, 0.2) is 42.7 Å². The fraction of sp³-hybridized carbons (Fsp3) is 0.150. The molecule has 2 N–H and O–H groups in total. The van der Waals surface area contributed by atoms with Crippen molar-refractivity contribution in [2.45, 2.75) is 20.8 Å². The van der Waals surface area contributed by atoms with Crippen LogP contribution in [0.4, 0.5) is 20.2 Å². The molecule has 0 aliphatic heterocycles. The highest BCUT2D eigenvalue weighted by atomic mass is 19.1. The zero-order valence-electron chi connectivity index (χ0n) is 15.5. The number of carbonyl (C=O) groups is 2. The fourth-order valence-electron chi connectivity index (χ4n) is 3.00. The van der Waals surface area contributed by atoms with Gasteiger partial charge in [-0.3, -0.25) is 14.6 Å². The lowest BCUT2D eigenvalue weighted by atomic mass is 10.2. The van der Waals surface area contributed by atoms with Gasteiger partial charge in [0.15, 0.2) is 0 Å². The molecule has 2 amide bonds. The Hall–Kier alpha value is -3.55. The highest BCUT2D eigenvalue weighted by Gasteiger charge is 2.19. The number of pyridine rings is 1. The lowest BCUT2D eigenvalue weighted by Crippen LogP contribution is -2.15. The number of carbonyl (C=O) groups excluding carboxylic acids is 2. The number of nitrogens with zero attached hydrogens (tertiary/aromatic N) is 2. The first-order valence-corrected chi connectivity index (χ1v) is 8.45. The van der Waals surface area contributed by atoms with Crippen LogP contribution in [0.3, 0.4) is 0 Å². The van der Waals surface area contributed by atoms with Crippen LogP contribution in [-0.4, -0.2) is 21.4 Å². The van der Waals surface area contributed by atoms with Gasteiger partial charge in [0, 0.05) is 30.6 Å². The molecule has 0 fully saturated rings. The van der Waals surface area contributed by atoms with Crippen LogP contribution in [0, 0.1) is 25.5 Å². The maximum absolute atomic E-state index is 14.1. The lowest BCUT2D eigenvalue weighted by molar-refractivity contribution is -0.114. The van der Waals surface area contributed by atoms with Gasteiger partial charge < -0.3 is 15.2 Å². The molecule has 0 bridgehead atoms. The summed E-state index contributed by atoms with van der Waals surface area (Å²) >= 11 is 0. The Kier molecular flexibility index (Phi) is 5.21. The van der Waals surface area contributed by atoms with Gasteiger partial charge in [-0.2, -0.15) is 0 Å². The number of aromatic nitrogens is 2. The Morgan fingerprint density at radius 3 is 2.32 bits per heavy atom. The predicted molar refractivity (Wildman–Crippen MR) is 102 cm³/mol. The van der Waals surface area contributed by atoms with E-state index < -0.39 is 23.4 Å². The summed E-state index contributed by atoms with van der Waals surface area (Å²) in [5.74, 6) is -2.94. The predicted octanol–water partition coefficient (Wildman–Crippen LogP) is 3.98. The number of benzene rings is 1. The van der Waals surface area contributed by atoms with Crippen LogP contribution in [0.5, 0.6) is 0 Å². The molecule has 2 heterocycles. The summed E-state index contributed by atoms with van der Waals surface area (Å²) in [5, 5.41) is 4.70. The first-order chi connectivity index (χ1) is 13.3. The summed E-state index contributed by atoms with van der Waals surface area (Å²) in [6.07, 6.45) is 3.32. The van der Waals surface area contributed by atoms with Crippen molar-refractivity contribution in [2.24, 2.45) is 0 Å². The van der Waals surface area contributed by atoms with Gasteiger partial charge in [0.05, 0.1) is 28.8 Å². The van der Waals surface area contributed by atoms with E-state index in [9.17, 15) is 18.4 Å². The van der Waals surface area contributed by atoms with E-state index in [1.807, 2.05) is 17.6 Å². The molecule has 8 heteroatoms. The van der Waals surface area contributed by atoms with Crippen molar-refractivity contribution in [2.75, 3.05) is 10.6 Å². The van der Waals surface area contributed by atoms with Gasteiger partial charge in [0.1, 0.15) is 11.6 Å².